The second kappa shape index (κ2) is 7.94. The van der Waals surface area contributed by atoms with Gasteiger partial charge in [-0.15, -0.1) is 0 Å². The number of rotatable bonds is 7. The van der Waals surface area contributed by atoms with Crippen molar-refractivity contribution in [2.45, 2.75) is 25.9 Å². The van der Waals surface area contributed by atoms with Gasteiger partial charge in [0.25, 0.3) is 0 Å². The Kier molecular flexibility index (Phi) is 5.46. The highest BCUT2D eigenvalue weighted by Gasteiger charge is 2.13. The number of methoxy groups -OCH3 is 1. The van der Waals surface area contributed by atoms with Crippen LogP contribution in [0.25, 0.3) is 0 Å². The molecule has 2 N–H and O–H groups in total. The maximum Gasteiger partial charge on any atom is 0.123 e. The molecule has 0 unspecified atom stereocenters. The number of nitrogens with one attached hydrogen (secondary N) is 2. The van der Waals surface area contributed by atoms with Crippen LogP contribution in [0.15, 0.2) is 54.7 Å². The number of benzene rings is 2. The summed E-state index contributed by atoms with van der Waals surface area (Å²) in [4.78, 5) is 0. The molecule has 1 heterocycles. The van der Waals surface area contributed by atoms with E-state index in [9.17, 15) is 4.39 Å². The number of aromatic amines is 1. The zero-order chi connectivity index (χ0) is 17.6. The van der Waals surface area contributed by atoms with Gasteiger partial charge < -0.3 is 10.1 Å². The van der Waals surface area contributed by atoms with E-state index in [-0.39, 0.29) is 11.9 Å². The summed E-state index contributed by atoms with van der Waals surface area (Å²) in [6, 6.07) is 14.8. The number of hydrogen-bond acceptors (Lipinski definition) is 3. The van der Waals surface area contributed by atoms with Crippen molar-refractivity contribution in [3.63, 3.8) is 0 Å². The van der Waals surface area contributed by atoms with Crippen molar-refractivity contribution >= 4 is 0 Å². The number of nitrogens with zero attached hydrogens (tertiary/aromatic N) is 1. The molecule has 0 bridgehead atoms. The van der Waals surface area contributed by atoms with Crippen LogP contribution in [0.1, 0.15) is 28.4 Å². The van der Waals surface area contributed by atoms with E-state index in [0.717, 1.165) is 34.6 Å². The Morgan fingerprint density at radius 3 is 2.44 bits per heavy atom. The minimum absolute atomic E-state index is 0.102. The second-order valence-electron chi connectivity index (χ2n) is 6.06. The first-order valence-corrected chi connectivity index (χ1v) is 8.26. The Bertz CT molecular complexity index is 797. The minimum atomic E-state index is -0.216. The smallest absolute Gasteiger partial charge is 0.123 e. The summed E-state index contributed by atoms with van der Waals surface area (Å²) < 4.78 is 18.4. The van der Waals surface area contributed by atoms with Crippen molar-refractivity contribution in [3.8, 4) is 5.75 Å². The zero-order valence-electron chi connectivity index (χ0n) is 14.4. The van der Waals surface area contributed by atoms with Gasteiger partial charge in [-0.2, -0.15) is 5.10 Å². The van der Waals surface area contributed by atoms with Gasteiger partial charge in [0.2, 0.25) is 0 Å². The second-order valence-corrected chi connectivity index (χ2v) is 6.06. The maximum absolute atomic E-state index is 13.2. The SMILES string of the molecule is COc1ccc([C@@H](Cc2ccc(F)cc2)NCc2cn[nH]c2C)cc1. The first-order valence-electron chi connectivity index (χ1n) is 8.26. The Labute approximate surface area is 147 Å². The molecule has 0 aliphatic carbocycles. The molecular weight excluding hydrogens is 317 g/mol. The number of aryl methyl sites for hydroxylation is 1. The summed E-state index contributed by atoms with van der Waals surface area (Å²) in [6.45, 7) is 2.71. The molecule has 2 aromatic carbocycles. The molecule has 3 rings (SSSR count). The molecule has 0 aliphatic rings. The lowest BCUT2D eigenvalue weighted by Crippen LogP contribution is -2.23. The van der Waals surface area contributed by atoms with Gasteiger partial charge in [0.15, 0.2) is 0 Å². The lowest BCUT2D eigenvalue weighted by atomic mass is 9.98. The average molecular weight is 339 g/mol. The third-order valence-corrected chi connectivity index (χ3v) is 4.34. The molecule has 0 saturated carbocycles. The van der Waals surface area contributed by atoms with Crippen molar-refractivity contribution in [1.29, 1.82) is 0 Å². The molecule has 3 aromatic rings. The van der Waals surface area contributed by atoms with Gasteiger partial charge in [0, 0.05) is 23.8 Å². The zero-order valence-corrected chi connectivity index (χ0v) is 14.4. The van der Waals surface area contributed by atoms with Crippen LogP contribution in [0.3, 0.4) is 0 Å². The van der Waals surface area contributed by atoms with Gasteiger partial charge in [-0.25, -0.2) is 4.39 Å². The average Bonchev–Trinajstić information content (AvgIpc) is 3.05. The third kappa shape index (κ3) is 4.45. The van der Waals surface area contributed by atoms with Gasteiger partial charge in [-0.05, 0) is 48.7 Å². The van der Waals surface area contributed by atoms with Gasteiger partial charge in [0.05, 0.1) is 13.3 Å². The highest BCUT2D eigenvalue weighted by atomic mass is 19.1. The molecule has 0 aliphatic heterocycles. The first-order chi connectivity index (χ1) is 12.2. The Morgan fingerprint density at radius 2 is 1.84 bits per heavy atom. The molecule has 4 nitrogen and oxygen atoms in total. The summed E-state index contributed by atoms with van der Waals surface area (Å²) in [5, 5.41) is 10.6. The number of H-pyrrole nitrogens is 1. The number of aromatic nitrogens is 2. The number of ether oxygens (including phenoxy) is 1. The molecule has 0 fully saturated rings. The fourth-order valence-electron chi connectivity index (χ4n) is 2.79. The van der Waals surface area contributed by atoms with Crippen molar-refractivity contribution in [2.24, 2.45) is 0 Å². The predicted molar refractivity (Wildman–Crippen MR) is 96.0 cm³/mol. The van der Waals surface area contributed by atoms with Gasteiger partial charge in [-0.3, -0.25) is 5.10 Å². The molecule has 1 atom stereocenters. The summed E-state index contributed by atoms with van der Waals surface area (Å²) in [5.74, 6) is 0.613. The van der Waals surface area contributed by atoms with Crippen molar-refractivity contribution < 1.29 is 9.13 Å². The van der Waals surface area contributed by atoms with Gasteiger partial charge >= 0.3 is 0 Å². The van der Waals surface area contributed by atoms with E-state index in [2.05, 4.69) is 27.6 Å². The third-order valence-electron chi connectivity index (χ3n) is 4.34. The predicted octanol–water partition coefficient (Wildman–Crippen LogP) is 3.94. The van der Waals surface area contributed by atoms with Crippen LogP contribution in [0, 0.1) is 12.7 Å². The summed E-state index contributed by atoms with van der Waals surface area (Å²) in [5.41, 5.74) is 4.44. The minimum Gasteiger partial charge on any atom is -0.497 e. The van der Waals surface area contributed by atoms with Crippen LogP contribution in [0.2, 0.25) is 0 Å². The molecule has 130 valence electrons. The summed E-state index contributed by atoms with van der Waals surface area (Å²) in [7, 11) is 1.66. The normalized spacial score (nSPS) is 12.1. The fraction of sp³-hybridized carbons (Fsp3) is 0.250. The standard InChI is InChI=1S/C20H22FN3O/c1-14-17(13-23-24-14)12-22-20(11-15-3-7-18(21)8-4-15)16-5-9-19(25-2)10-6-16/h3-10,13,20,22H,11-12H2,1-2H3,(H,23,24)/t20-/m1/s1. The van der Waals surface area contributed by atoms with E-state index in [1.165, 1.54) is 12.1 Å². The number of hydrogen-bond donors (Lipinski definition) is 2. The largest absolute Gasteiger partial charge is 0.497 e. The van der Waals surface area contributed by atoms with Gasteiger partial charge in [0.1, 0.15) is 11.6 Å². The van der Waals surface area contributed by atoms with Crippen LogP contribution in [-0.4, -0.2) is 17.3 Å². The molecule has 1 aromatic heterocycles. The molecule has 0 spiro atoms. The molecule has 0 radical (unpaired) electrons. The Balaban J connectivity index is 1.78. The monoisotopic (exact) mass is 339 g/mol. The molecule has 0 amide bonds. The van der Waals surface area contributed by atoms with Crippen LogP contribution in [0.4, 0.5) is 4.39 Å². The number of halogens is 1. The van der Waals surface area contributed by atoms with Crippen molar-refractivity contribution in [2.75, 3.05) is 7.11 Å². The summed E-state index contributed by atoms with van der Waals surface area (Å²) in [6.07, 6.45) is 2.61. The maximum atomic E-state index is 13.2. The molecule has 5 heteroatoms. The molecular formula is C20H22FN3O. The van der Waals surface area contributed by atoms with Crippen molar-refractivity contribution in [1.82, 2.24) is 15.5 Å². The van der Waals surface area contributed by atoms with E-state index in [4.69, 9.17) is 4.74 Å². The first kappa shape index (κ1) is 17.2. The van der Waals surface area contributed by atoms with Crippen LogP contribution < -0.4 is 10.1 Å². The Hall–Kier alpha value is -2.66. The van der Waals surface area contributed by atoms with Crippen LogP contribution in [0.5, 0.6) is 5.75 Å². The lowest BCUT2D eigenvalue weighted by molar-refractivity contribution is 0.414. The van der Waals surface area contributed by atoms with Gasteiger partial charge in [-0.1, -0.05) is 24.3 Å². The Morgan fingerprint density at radius 1 is 1.12 bits per heavy atom. The van der Waals surface area contributed by atoms with E-state index < -0.39 is 0 Å². The van der Waals surface area contributed by atoms with Crippen LogP contribution >= 0.6 is 0 Å². The van der Waals surface area contributed by atoms with E-state index in [1.54, 1.807) is 7.11 Å². The van der Waals surface area contributed by atoms with E-state index in [1.807, 2.05) is 37.4 Å². The summed E-state index contributed by atoms with van der Waals surface area (Å²) >= 11 is 0. The van der Waals surface area contributed by atoms with Crippen molar-refractivity contribution in [3.05, 3.63) is 82.9 Å². The fourth-order valence-corrected chi connectivity index (χ4v) is 2.79. The molecule has 25 heavy (non-hydrogen) atoms. The van der Waals surface area contributed by atoms with Crippen LogP contribution in [-0.2, 0) is 13.0 Å². The lowest BCUT2D eigenvalue weighted by Gasteiger charge is -2.20. The highest BCUT2D eigenvalue weighted by molar-refractivity contribution is 5.31. The topological polar surface area (TPSA) is 49.9 Å². The highest BCUT2D eigenvalue weighted by Crippen LogP contribution is 2.22. The molecule has 0 saturated heterocycles. The van der Waals surface area contributed by atoms with E-state index >= 15 is 0 Å². The van der Waals surface area contributed by atoms with E-state index in [0.29, 0.717) is 6.54 Å². The quantitative estimate of drug-likeness (QED) is 0.685.